The van der Waals surface area contributed by atoms with Gasteiger partial charge in [0.25, 0.3) is 0 Å². The summed E-state index contributed by atoms with van der Waals surface area (Å²) in [6.45, 7) is 5.03. The van der Waals surface area contributed by atoms with Crippen molar-refractivity contribution in [3.05, 3.63) is 113 Å². The lowest BCUT2D eigenvalue weighted by Gasteiger charge is -2.27. The summed E-state index contributed by atoms with van der Waals surface area (Å²) >= 11 is 0. The summed E-state index contributed by atoms with van der Waals surface area (Å²) in [5.74, 6) is 1.04. The van der Waals surface area contributed by atoms with Crippen LogP contribution in [-0.2, 0) is 17.6 Å². The molecule has 2 heteroatoms. The molecule has 33 heavy (non-hydrogen) atoms. The van der Waals surface area contributed by atoms with Gasteiger partial charge >= 0.3 is 0 Å². The molecule has 0 spiro atoms. The molecule has 1 aliphatic heterocycles. The van der Waals surface area contributed by atoms with Crippen molar-refractivity contribution < 1.29 is 9.47 Å². The van der Waals surface area contributed by atoms with Gasteiger partial charge in [-0.25, -0.2) is 0 Å². The first-order valence-electron chi connectivity index (χ1n) is 11.8. The van der Waals surface area contributed by atoms with Gasteiger partial charge in [0.05, 0.1) is 6.26 Å². The predicted octanol–water partition coefficient (Wildman–Crippen LogP) is 7.63. The highest BCUT2D eigenvalue weighted by Crippen LogP contribution is 2.34. The van der Waals surface area contributed by atoms with Gasteiger partial charge in [-0.2, -0.15) is 0 Å². The largest absolute Gasteiger partial charge is 0.497 e. The molecule has 4 aromatic rings. The van der Waals surface area contributed by atoms with Gasteiger partial charge < -0.3 is 9.47 Å². The van der Waals surface area contributed by atoms with Crippen LogP contribution in [0.1, 0.15) is 28.7 Å². The maximum Gasteiger partial charge on any atom is 0.122 e. The van der Waals surface area contributed by atoms with Crippen LogP contribution in [-0.4, -0.2) is 12.7 Å². The molecule has 0 saturated carbocycles. The molecule has 0 radical (unpaired) electrons. The number of hydrogen-bond donors (Lipinski definition) is 0. The number of rotatable bonds is 2. The van der Waals surface area contributed by atoms with Gasteiger partial charge in [0.1, 0.15) is 18.5 Å². The van der Waals surface area contributed by atoms with Crippen molar-refractivity contribution in [1.29, 1.82) is 0 Å². The standard InChI is InChI=1S/C26H24O.C5H6O/c1-17-6-5-9-26(18(17)2)27-21-12-15-23-20(16-21)11-14-24-22-8-4-3-7-19(22)10-13-25(23)24;1-2-4-6-5-3-1/h3-11,13-14,21H,12,15-16H2,1-2H3;1-4H,5H2. The minimum absolute atomic E-state index is 0.260. The zero-order chi connectivity index (χ0) is 22.6. The van der Waals surface area contributed by atoms with Crippen LogP contribution in [0.2, 0.25) is 0 Å². The van der Waals surface area contributed by atoms with Crippen LogP contribution in [0.3, 0.4) is 0 Å². The van der Waals surface area contributed by atoms with Gasteiger partial charge in [-0.3, -0.25) is 0 Å². The minimum atomic E-state index is 0.260. The van der Waals surface area contributed by atoms with Gasteiger partial charge in [-0.1, -0.05) is 66.7 Å². The molecular weight excluding hydrogens is 404 g/mol. The van der Waals surface area contributed by atoms with Gasteiger partial charge in [0.2, 0.25) is 0 Å². The normalized spacial score (nSPS) is 16.6. The van der Waals surface area contributed by atoms with Crippen LogP contribution in [0.15, 0.2) is 91.2 Å². The van der Waals surface area contributed by atoms with Crippen molar-refractivity contribution in [2.24, 2.45) is 0 Å². The molecule has 2 aliphatic rings. The number of allylic oxidation sites excluding steroid dienone is 2. The number of ether oxygens (including phenoxy) is 2. The summed E-state index contributed by atoms with van der Waals surface area (Å²) in [6, 6.07) is 24.2. The molecular formula is C31H30O2. The van der Waals surface area contributed by atoms with E-state index in [1.54, 1.807) is 6.26 Å². The van der Waals surface area contributed by atoms with Gasteiger partial charge in [0, 0.05) is 6.42 Å². The van der Waals surface area contributed by atoms with E-state index in [4.69, 9.17) is 9.47 Å². The van der Waals surface area contributed by atoms with Gasteiger partial charge in [-0.15, -0.1) is 0 Å². The molecule has 1 aliphatic carbocycles. The molecule has 1 heterocycles. The second kappa shape index (κ2) is 9.54. The van der Waals surface area contributed by atoms with Crippen molar-refractivity contribution in [3.8, 4) is 5.75 Å². The van der Waals surface area contributed by atoms with E-state index in [2.05, 4.69) is 80.6 Å². The van der Waals surface area contributed by atoms with Crippen molar-refractivity contribution >= 4 is 21.5 Å². The third-order valence-corrected chi connectivity index (χ3v) is 6.76. The molecule has 0 fully saturated rings. The molecule has 0 bridgehead atoms. The van der Waals surface area contributed by atoms with Crippen molar-refractivity contribution in [2.45, 2.75) is 39.2 Å². The molecule has 0 N–H and O–H groups in total. The maximum atomic E-state index is 6.41. The summed E-state index contributed by atoms with van der Waals surface area (Å²) in [5, 5.41) is 5.46. The quantitative estimate of drug-likeness (QED) is 0.302. The highest BCUT2D eigenvalue weighted by Gasteiger charge is 2.22. The Balaban J connectivity index is 0.000000332. The lowest BCUT2D eigenvalue weighted by Crippen LogP contribution is -2.25. The second-order valence-electron chi connectivity index (χ2n) is 8.86. The Hall–Kier alpha value is -3.52. The zero-order valence-electron chi connectivity index (χ0n) is 19.4. The highest BCUT2D eigenvalue weighted by molar-refractivity contribution is 6.08. The molecule has 1 unspecified atom stereocenters. The Bertz CT molecular complexity index is 1330. The maximum absolute atomic E-state index is 6.41. The van der Waals surface area contributed by atoms with E-state index in [9.17, 15) is 0 Å². The fraction of sp³-hybridized carbons (Fsp3) is 0.226. The number of fused-ring (bicyclic) bond motifs is 5. The summed E-state index contributed by atoms with van der Waals surface area (Å²) in [4.78, 5) is 0. The Morgan fingerprint density at radius 1 is 0.818 bits per heavy atom. The average Bonchev–Trinajstić information content (AvgIpc) is 2.87. The third kappa shape index (κ3) is 4.52. The summed E-state index contributed by atoms with van der Waals surface area (Å²) in [6.07, 6.45) is 10.9. The van der Waals surface area contributed by atoms with E-state index in [-0.39, 0.29) is 6.10 Å². The highest BCUT2D eigenvalue weighted by atomic mass is 16.5. The first-order valence-corrected chi connectivity index (χ1v) is 11.8. The molecule has 1 atom stereocenters. The lowest BCUT2D eigenvalue weighted by atomic mass is 9.85. The SMILES string of the molecule is C1=CCOC=C1.Cc1cccc(OC2CCc3c(ccc4c3ccc3ccccc34)C2)c1C. The zero-order valence-corrected chi connectivity index (χ0v) is 19.4. The van der Waals surface area contributed by atoms with Crippen LogP contribution in [0.4, 0.5) is 0 Å². The minimum Gasteiger partial charge on any atom is -0.497 e. The molecule has 166 valence electrons. The number of hydrogen-bond acceptors (Lipinski definition) is 2. The van der Waals surface area contributed by atoms with E-state index < -0.39 is 0 Å². The first kappa shape index (κ1) is 21.3. The Morgan fingerprint density at radius 2 is 1.70 bits per heavy atom. The molecule has 6 rings (SSSR count). The van der Waals surface area contributed by atoms with Crippen LogP contribution >= 0.6 is 0 Å². The van der Waals surface area contributed by atoms with Crippen molar-refractivity contribution in [3.63, 3.8) is 0 Å². The van der Waals surface area contributed by atoms with E-state index >= 15 is 0 Å². The molecule has 0 saturated heterocycles. The summed E-state index contributed by atoms with van der Waals surface area (Å²) in [7, 11) is 0. The van der Waals surface area contributed by atoms with Gasteiger partial charge in [0.15, 0.2) is 0 Å². The second-order valence-corrected chi connectivity index (χ2v) is 8.86. The van der Waals surface area contributed by atoms with E-state index in [1.165, 1.54) is 43.8 Å². The number of aryl methyl sites for hydroxylation is 2. The van der Waals surface area contributed by atoms with E-state index in [0.717, 1.165) is 31.6 Å². The summed E-state index contributed by atoms with van der Waals surface area (Å²) < 4.78 is 11.2. The number of benzene rings is 4. The summed E-state index contributed by atoms with van der Waals surface area (Å²) in [5.41, 5.74) is 5.51. The van der Waals surface area contributed by atoms with Gasteiger partial charge in [-0.05, 0) is 88.7 Å². The smallest absolute Gasteiger partial charge is 0.122 e. The van der Waals surface area contributed by atoms with Crippen LogP contribution in [0, 0.1) is 13.8 Å². The fourth-order valence-corrected chi connectivity index (χ4v) is 4.81. The van der Waals surface area contributed by atoms with Crippen molar-refractivity contribution in [1.82, 2.24) is 0 Å². The molecule has 0 aromatic heterocycles. The van der Waals surface area contributed by atoms with E-state index in [1.807, 2.05) is 18.2 Å². The molecule has 0 amide bonds. The average molecular weight is 435 g/mol. The first-order chi connectivity index (χ1) is 16.2. The Labute approximate surface area is 196 Å². The fourth-order valence-electron chi connectivity index (χ4n) is 4.81. The Kier molecular flexibility index (Phi) is 6.17. The monoisotopic (exact) mass is 434 g/mol. The molecule has 2 nitrogen and oxygen atoms in total. The molecule has 4 aromatic carbocycles. The van der Waals surface area contributed by atoms with Crippen LogP contribution < -0.4 is 4.74 Å². The van der Waals surface area contributed by atoms with Crippen molar-refractivity contribution in [2.75, 3.05) is 6.61 Å². The van der Waals surface area contributed by atoms with E-state index in [0.29, 0.717) is 0 Å². The Morgan fingerprint density at radius 3 is 2.48 bits per heavy atom. The van der Waals surface area contributed by atoms with Crippen LogP contribution in [0.25, 0.3) is 21.5 Å². The third-order valence-electron chi connectivity index (χ3n) is 6.76. The van der Waals surface area contributed by atoms with Crippen LogP contribution in [0.5, 0.6) is 5.75 Å². The topological polar surface area (TPSA) is 18.5 Å². The predicted molar refractivity (Wildman–Crippen MR) is 138 cm³/mol. The lowest BCUT2D eigenvalue weighted by molar-refractivity contribution is 0.184.